The lowest BCUT2D eigenvalue weighted by Gasteiger charge is -2.11. The second kappa shape index (κ2) is 4.41. The van der Waals surface area contributed by atoms with Crippen molar-refractivity contribution in [3.63, 3.8) is 0 Å². The average Bonchev–Trinajstić information content (AvgIpc) is 2.71. The highest BCUT2D eigenvalue weighted by Gasteiger charge is 2.35. The summed E-state index contributed by atoms with van der Waals surface area (Å²) in [6.45, 7) is 0. The summed E-state index contributed by atoms with van der Waals surface area (Å²) in [4.78, 5) is 9.35. The van der Waals surface area contributed by atoms with E-state index in [0.29, 0.717) is 16.6 Å². The molecule has 0 saturated carbocycles. The van der Waals surface area contributed by atoms with Crippen LogP contribution in [0, 0.1) is 0 Å². The minimum Gasteiger partial charge on any atom is -0.493 e. The van der Waals surface area contributed by atoms with Gasteiger partial charge >= 0.3 is 6.18 Å². The lowest BCUT2D eigenvalue weighted by molar-refractivity contribution is -0.141. The summed E-state index contributed by atoms with van der Waals surface area (Å²) >= 11 is 0. The highest BCUT2D eigenvalue weighted by atomic mass is 19.4. The Morgan fingerprint density at radius 2 is 1.89 bits per heavy atom. The predicted octanol–water partition coefficient (Wildman–Crippen LogP) is 1.45. The van der Waals surface area contributed by atoms with Gasteiger partial charge in [-0.3, -0.25) is 0 Å². The molecule has 0 aliphatic heterocycles. The fourth-order valence-corrected chi connectivity index (χ4v) is 1.38. The number of rotatable bonds is 2. The molecule has 0 aromatic carbocycles. The van der Waals surface area contributed by atoms with Gasteiger partial charge < -0.3 is 10.0 Å². The Balaban J connectivity index is 2.47. The zero-order valence-corrected chi connectivity index (χ0v) is 10.0. The first-order chi connectivity index (χ1) is 8.79. The van der Waals surface area contributed by atoms with Crippen LogP contribution in [0.4, 0.5) is 19.0 Å². The molecule has 0 saturated heterocycles. The van der Waals surface area contributed by atoms with Crippen LogP contribution in [-0.2, 0) is 6.18 Å². The molecular weight excluding hydrogens is 263 g/mol. The Kier molecular flexibility index (Phi) is 3.05. The van der Waals surface area contributed by atoms with Crippen LogP contribution in [0.15, 0.2) is 18.5 Å². The summed E-state index contributed by atoms with van der Waals surface area (Å²) in [5, 5.41) is 12.8. The van der Waals surface area contributed by atoms with E-state index >= 15 is 0 Å². The zero-order chi connectivity index (χ0) is 14.2. The van der Waals surface area contributed by atoms with Crippen LogP contribution in [0.2, 0.25) is 0 Å². The Labute approximate surface area is 106 Å². The SMILES string of the molecule is CN(C)c1cc(-n2nc(C(F)(F)F)cc2O)ncn1. The minimum atomic E-state index is -4.62. The lowest BCUT2D eigenvalue weighted by Crippen LogP contribution is -2.12. The summed E-state index contributed by atoms with van der Waals surface area (Å²) in [5.41, 5.74) is -1.19. The molecule has 0 aliphatic carbocycles. The van der Waals surface area contributed by atoms with Crippen molar-refractivity contribution >= 4 is 5.82 Å². The summed E-state index contributed by atoms with van der Waals surface area (Å²) in [6, 6.07) is 1.95. The summed E-state index contributed by atoms with van der Waals surface area (Å²) in [7, 11) is 3.44. The quantitative estimate of drug-likeness (QED) is 0.897. The highest BCUT2D eigenvalue weighted by Crippen LogP contribution is 2.31. The van der Waals surface area contributed by atoms with E-state index in [9.17, 15) is 18.3 Å². The van der Waals surface area contributed by atoms with Gasteiger partial charge in [-0.2, -0.15) is 23.0 Å². The van der Waals surface area contributed by atoms with Gasteiger partial charge in [-0.15, -0.1) is 0 Å². The molecule has 2 heterocycles. The third kappa shape index (κ3) is 2.59. The van der Waals surface area contributed by atoms with Crippen molar-refractivity contribution in [2.45, 2.75) is 6.18 Å². The van der Waals surface area contributed by atoms with Crippen LogP contribution in [0.1, 0.15) is 5.69 Å². The molecule has 2 rings (SSSR count). The molecule has 9 heteroatoms. The minimum absolute atomic E-state index is 0.0479. The number of anilines is 1. The van der Waals surface area contributed by atoms with Crippen LogP contribution in [0.3, 0.4) is 0 Å². The molecule has 1 N–H and O–H groups in total. The number of aromatic hydroxyl groups is 1. The van der Waals surface area contributed by atoms with Crippen molar-refractivity contribution in [1.29, 1.82) is 0 Å². The van der Waals surface area contributed by atoms with Gasteiger partial charge in [0.25, 0.3) is 0 Å². The normalized spacial score (nSPS) is 11.6. The van der Waals surface area contributed by atoms with Crippen molar-refractivity contribution in [2.24, 2.45) is 0 Å². The number of hydrogen-bond acceptors (Lipinski definition) is 5. The first kappa shape index (κ1) is 13.1. The molecule has 0 radical (unpaired) electrons. The van der Waals surface area contributed by atoms with E-state index in [-0.39, 0.29) is 5.82 Å². The van der Waals surface area contributed by atoms with Gasteiger partial charge in [0, 0.05) is 26.2 Å². The maximum Gasteiger partial charge on any atom is 0.435 e. The summed E-state index contributed by atoms with van der Waals surface area (Å²) < 4.78 is 38.1. The molecule has 0 bridgehead atoms. The van der Waals surface area contributed by atoms with Crippen molar-refractivity contribution in [3.8, 4) is 11.7 Å². The fraction of sp³-hybridized carbons (Fsp3) is 0.300. The molecule has 0 unspecified atom stereocenters. The Bertz CT molecular complexity index is 593. The highest BCUT2D eigenvalue weighted by molar-refractivity contribution is 5.43. The third-order valence-electron chi connectivity index (χ3n) is 2.29. The van der Waals surface area contributed by atoms with E-state index in [1.165, 1.54) is 12.4 Å². The maximum atomic E-state index is 12.5. The smallest absolute Gasteiger partial charge is 0.435 e. The van der Waals surface area contributed by atoms with Crippen LogP contribution in [0.25, 0.3) is 5.82 Å². The van der Waals surface area contributed by atoms with Gasteiger partial charge in [0.15, 0.2) is 11.5 Å². The molecular formula is C10H10F3N5O. The van der Waals surface area contributed by atoms with E-state index in [1.807, 2.05) is 0 Å². The first-order valence-corrected chi connectivity index (χ1v) is 5.15. The first-order valence-electron chi connectivity index (χ1n) is 5.15. The van der Waals surface area contributed by atoms with Crippen LogP contribution in [-0.4, -0.2) is 39.0 Å². The third-order valence-corrected chi connectivity index (χ3v) is 2.29. The zero-order valence-electron chi connectivity index (χ0n) is 10.0. The number of hydrogen-bond donors (Lipinski definition) is 1. The molecule has 6 nitrogen and oxygen atoms in total. The molecule has 19 heavy (non-hydrogen) atoms. The largest absolute Gasteiger partial charge is 0.493 e. The van der Waals surface area contributed by atoms with E-state index in [0.717, 1.165) is 0 Å². The van der Waals surface area contributed by atoms with Crippen molar-refractivity contribution < 1.29 is 18.3 Å². The van der Waals surface area contributed by atoms with Gasteiger partial charge in [-0.25, -0.2) is 9.97 Å². The maximum absolute atomic E-state index is 12.5. The molecule has 0 amide bonds. The van der Waals surface area contributed by atoms with Crippen LogP contribution < -0.4 is 4.90 Å². The second-order valence-electron chi connectivity index (χ2n) is 3.93. The molecule has 0 atom stereocenters. The number of alkyl halides is 3. The Morgan fingerprint density at radius 3 is 2.42 bits per heavy atom. The second-order valence-corrected chi connectivity index (χ2v) is 3.93. The van der Waals surface area contributed by atoms with Gasteiger partial charge in [0.2, 0.25) is 5.88 Å². The standard InChI is InChI=1S/C10H10F3N5O/c1-17(2)7-4-8(15-5-14-7)18-9(19)3-6(16-18)10(11,12)13/h3-5,19H,1-2H3. The number of nitrogens with zero attached hydrogens (tertiary/aromatic N) is 5. The molecule has 2 aromatic rings. The predicted molar refractivity (Wildman–Crippen MR) is 60.1 cm³/mol. The molecule has 102 valence electrons. The van der Waals surface area contributed by atoms with Crippen LogP contribution in [0.5, 0.6) is 5.88 Å². The van der Waals surface area contributed by atoms with Crippen molar-refractivity contribution in [3.05, 3.63) is 24.2 Å². The summed E-state index contributed by atoms with van der Waals surface area (Å²) in [6.07, 6.45) is -3.45. The van der Waals surface area contributed by atoms with Gasteiger partial charge in [0.05, 0.1) is 0 Å². The van der Waals surface area contributed by atoms with E-state index in [4.69, 9.17) is 0 Å². The van der Waals surface area contributed by atoms with Crippen molar-refractivity contribution in [2.75, 3.05) is 19.0 Å². The molecule has 0 spiro atoms. The lowest BCUT2D eigenvalue weighted by atomic mass is 10.4. The topological polar surface area (TPSA) is 67.1 Å². The Morgan fingerprint density at radius 1 is 1.21 bits per heavy atom. The van der Waals surface area contributed by atoms with E-state index in [1.54, 1.807) is 19.0 Å². The molecule has 0 fully saturated rings. The van der Waals surface area contributed by atoms with Gasteiger partial charge in [-0.1, -0.05) is 0 Å². The Hall–Kier alpha value is -2.32. The number of aromatic nitrogens is 4. The fourth-order valence-electron chi connectivity index (χ4n) is 1.38. The van der Waals surface area contributed by atoms with Gasteiger partial charge in [0.1, 0.15) is 12.1 Å². The summed E-state index contributed by atoms with van der Waals surface area (Å²) in [5.74, 6) is -0.115. The number of halogens is 3. The molecule has 0 aliphatic rings. The monoisotopic (exact) mass is 273 g/mol. The van der Waals surface area contributed by atoms with Crippen LogP contribution >= 0.6 is 0 Å². The average molecular weight is 273 g/mol. The van der Waals surface area contributed by atoms with Gasteiger partial charge in [-0.05, 0) is 0 Å². The van der Waals surface area contributed by atoms with E-state index in [2.05, 4.69) is 15.1 Å². The molecule has 2 aromatic heterocycles. The van der Waals surface area contributed by atoms with Crippen molar-refractivity contribution in [1.82, 2.24) is 19.7 Å². The van der Waals surface area contributed by atoms with E-state index < -0.39 is 17.8 Å².